The van der Waals surface area contributed by atoms with Gasteiger partial charge in [-0.3, -0.25) is 9.78 Å². The van der Waals surface area contributed by atoms with Crippen molar-refractivity contribution in [3.8, 4) is 0 Å². The zero-order valence-electron chi connectivity index (χ0n) is 11.8. The molecule has 0 aliphatic heterocycles. The van der Waals surface area contributed by atoms with E-state index < -0.39 is 0 Å². The summed E-state index contributed by atoms with van der Waals surface area (Å²) in [7, 11) is 0. The summed E-state index contributed by atoms with van der Waals surface area (Å²) in [6.45, 7) is 0.261. The van der Waals surface area contributed by atoms with Gasteiger partial charge in [0, 0.05) is 16.6 Å². The summed E-state index contributed by atoms with van der Waals surface area (Å²) in [4.78, 5) is 16.1. The van der Waals surface area contributed by atoms with Crippen LogP contribution in [0.25, 0.3) is 10.9 Å². The zero-order valence-corrected chi connectivity index (χ0v) is 12.6. The second-order valence-corrected chi connectivity index (χ2v) is 5.43. The number of nitrogens with zero attached hydrogens (tertiary/aromatic N) is 1. The van der Waals surface area contributed by atoms with E-state index >= 15 is 0 Å². The van der Waals surface area contributed by atoms with E-state index in [2.05, 4.69) is 4.98 Å². The molecule has 0 bridgehead atoms. The van der Waals surface area contributed by atoms with Gasteiger partial charge in [-0.05, 0) is 41.5 Å². The molecule has 3 rings (SSSR count). The molecule has 0 saturated heterocycles. The summed E-state index contributed by atoms with van der Waals surface area (Å²) < 4.78 is 5.32. The van der Waals surface area contributed by atoms with Crippen LogP contribution in [0.5, 0.6) is 0 Å². The number of rotatable bonds is 4. The van der Waals surface area contributed by atoms with Gasteiger partial charge in [0.05, 0.1) is 11.9 Å². The number of carbonyl (C=O) groups is 1. The number of benzene rings is 2. The van der Waals surface area contributed by atoms with E-state index in [-0.39, 0.29) is 19.0 Å². The van der Waals surface area contributed by atoms with Crippen LogP contribution in [0.3, 0.4) is 0 Å². The molecule has 0 atom stereocenters. The van der Waals surface area contributed by atoms with Crippen molar-refractivity contribution in [1.29, 1.82) is 0 Å². The summed E-state index contributed by atoms with van der Waals surface area (Å²) in [6.07, 6.45) is 2.00. The van der Waals surface area contributed by atoms with Gasteiger partial charge >= 0.3 is 5.97 Å². The molecule has 3 nitrogen and oxygen atoms in total. The first kappa shape index (κ1) is 14.5. The largest absolute Gasteiger partial charge is 0.461 e. The number of halogens is 1. The van der Waals surface area contributed by atoms with E-state index in [1.54, 1.807) is 18.3 Å². The number of hydrogen-bond donors (Lipinski definition) is 0. The molecule has 0 unspecified atom stereocenters. The minimum absolute atomic E-state index is 0.242. The molecular weight excluding hydrogens is 298 g/mol. The molecule has 0 aliphatic rings. The number of ether oxygens (including phenoxy) is 1. The van der Waals surface area contributed by atoms with Crippen LogP contribution in [0.15, 0.2) is 60.8 Å². The van der Waals surface area contributed by atoms with Gasteiger partial charge in [-0.1, -0.05) is 35.9 Å². The Morgan fingerprint density at radius 1 is 1.05 bits per heavy atom. The fourth-order valence-electron chi connectivity index (χ4n) is 2.20. The van der Waals surface area contributed by atoms with E-state index in [9.17, 15) is 4.79 Å². The first-order chi connectivity index (χ1) is 10.7. The summed E-state index contributed by atoms with van der Waals surface area (Å²) in [5.74, 6) is -0.256. The predicted molar refractivity (Wildman–Crippen MR) is 86.7 cm³/mol. The summed E-state index contributed by atoms with van der Waals surface area (Å²) in [5, 5.41) is 1.69. The average molecular weight is 312 g/mol. The standard InChI is InChI=1S/C18H14ClNO2/c19-16-6-3-13(4-7-16)11-18(21)22-12-14-5-8-17-15(10-14)2-1-9-20-17/h1-10H,11-12H2. The molecule has 0 amide bonds. The molecule has 2 aromatic carbocycles. The monoisotopic (exact) mass is 311 g/mol. The van der Waals surface area contributed by atoms with Crippen molar-refractivity contribution in [2.75, 3.05) is 0 Å². The Bertz CT molecular complexity index is 800. The van der Waals surface area contributed by atoms with Crippen LogP contribution in [0.4, 0.5) is 0 Å². The fourth-order valence-corrected chi connectivity index (χ4v) is 2.32. The summed E-state index contributed by atoms with van der Waals surface area (Å²) >= 11 is 5.82. The van der Waals surface area contributed by atoms with Gasteiger partial charge in [-0.15, -0.1) is 0 Å². The lowest BCUT2D eigenvalue weighted by molar-refractivity contribution is -0.144. The average Bonchev–Trinajstić information content (AvgIpc) is 2.55. The SMILES string of the molecule is O=C(Cc1ccc(Cl)cc1)OCc1ccc2ncccc2c1. The summed E-state index contributed by atoms with van der Waals surface area (Å²) in [6, 6.07) is 16.9. The highest BCUT2D eigenvalue weighted by molar-refractivity contribution is 6.30. The van der Waals surface area contributed by atoms with Crippen LogP contribution in [-0.2, 0) is 22.6 Å². The van der Waals surface area contributed by atoms with E-state index in [4.69, 9.17) is 16.3 Å². The van der Waals surface area contributed by atoms with Crippen molar-refractivity contribution >= 4 is 28.5 Å². The number of carbonyl (C=O) groups excluding carboxylic acids is 1. The van der Waals surface area contributed by atoms with Crippen molar-refractivity contribution in [1.82, 2.24) is 4.98 Å². The Balaban J connectivity index is 1.60. The van der Waals surface area contributed by atoms with Crippen molar-refractivity contribution < 1.29 is 9.53 Å². The van der Waals surface area contributed by atoms with Crippen LogP contribution in [0.1, 0.15) is 11.1 Å². The molecule has 1 aromatic heterocycles. The third kappa shape index (κ3) is 3.62. The number of esters is 1. The van der Waals surface area contributed by atoms with Crippen molar-refractivity contribution in [2.24, 2.45) is 0 Å². The number of pyridine rings is 1. The smallest absolute Gasteiger partial charge is 0.310 e. The Morgan fingerprint density at radius 2 is 1.82 bits per heavy atom. The van der Waals surface area contributed by atoms with Crippen molar-refractivity contribution in [3.05, 3.63) is 76.9 Å². The molecule has 4 heteroatoms. The molecule has 3 aromatic rings. The lowest BCUT2D eigenvalue weighted by Gasteiger charge is -2.06. The molecular formula is C18H14ClNO2. The highest BCUT2D eigenvalue weighted by atomic mass is 35.5. The minimum atomic E-state index is -0.256. The highest BCUT2D eigenvalue weighted by Crippen LogP contribution is 2.15. The zero-order chi connectivity index (χ0) is 15.4. The third-order valence-corrected chi connectivity index (χ3v) is 3.58. The van der Waals surface area contributed by atoms with Gasteiger partial charge in [0.15, 0.2) is 0 Å². The van der Waals surface area contributed by atoms with Gasteiger partial charge in [-0.2, -0.15) is 0 Å². The van der Waals surface area contributed by atoms with E-state index in [1.807, 2.05) is 42.5 Å². The number of hydrogen-bond acceptors (Lipinski definition) is 3. The fraction of sp³-hybridized carbons (Fsp3) is 0.111. The van der Waals surface area contributed by atoms with Gasteiger partial charge < -0.3 is 4.74 Å². The number of fused-ring (bicyclic) bond motifs is 1. The maximum atomic E-state index is 11.9. The first-order valence-corrected chi connectivity index (χ1v) is 7.32. The van der Waals surface area contributed by atoms with E-state index in [0.29, 0.717) is 5.02 Å². The van der Waals surface area contributed by atoms with Crippen molar-refractivity contribution in [2.45, 2.75) is 13.0 Å². The summed E-state index contributed by atoms with van der Waals surface area (Å²) in [5.41, 5.74) is 2.76. The van der Waals surface area contributed by atoms with Gasteiger partial charge in [0.2, 0.25) is 0 Å². The second-order valence-electron chi connectivity index (χ2n) is 4.99. The second kappa shape index (κ2) is 6.58. The molecule has 0 aliphatic carbocycles. The normalized spacial score (nSPS) is 10.6. The lowest BCUT2D eigenvalue weighted by Crippen LogP contribution is -2.07. The Morgan fingerprint density at radius 3 is 2.64 bits per heavy atom. The number of aromatic nitrogens is 1. The van der Waals surface area contributed by atoms with E-state index in [1.165, 1.54) is 0 Å². The van der Waals surface area contributed by atoms with Crippen LogP contribution >= 0.6 is 11.6 Å². The maximum Gasteiger partial charge on any atom is 0.310 e. The minimum Gasteiger partial charge on any atom is -0.461 e. The highest BCUT2D eigenvalue weighted by Gasteiger charge is 2.06. The lowest BCUT2D eigenvalue weighted by atomic mass is 10.1. The van der Waals surface area contributed by atoms with Gasteiger partial charge in [0.1, 0.15) is 6.61 Å². The molecule has 22 heavy (non-hydrogen) atoms. The molecule has 0 saturated carbocycles. The quantitative estimate of drug-likeness (QED) is 0.679. The van der Waals surface area contributed by atoms with Gasteiger partial charge in [-0.25, -0.2) is 0 Å². The Hall–Kier alpha value is -2.39. The Kier molecular flexibility index (Phi) is 4.35. The third-order valence-electron chi connectivity index (χ3n) is 3.33. The maximum absolute atomic E-state index is 11.9. The van der Waals surface area contributed by atoms with Gasteiger partial charge in [0.25, 0.3) is 0 Å². The molecule has 0 radical (unpaired) electrons. The van der Waals surface area contributed by atoms with Crippen molar-refractivity contribution in [3.63, 3.8) is 0 Å². The van der Waals surface area contributed by atoms with Crippen LogP contribution in [0.2, 0.25) is 5.02 Å². The molecule has 110 valence electrons. The van der Waals surface area contributed by atoms with Crippen LogP contribution in [-0.4, -0.2) is 11.0 Å². The topological polar surface area (TPSA) is 39.2 Å². The Labute approximate surface area is 133 Å². The predicted octanol–water partition coefficient (Wildman–Crippen LogP) is 4.17. The van der Waals surface area contributed by atoms with E-state index in [0.717, 1.165) is 22.0 Å². The van der Waals surface area contributed by atoms with Crippen LogP contribution < -0.4 is 0 Å². The van der Waals surface area contributed by atoms with Crippen LogP contribution in [0, 0.1) is 0 Å². The first-order valence-electron chi connectivity index (χ1n) is 6.94. The molecule has 1 heterocycles. The molecule has 0 N–H and O–H groups in total. The molecule has 0 spiro atoms. The molecule has 0 fully saturated rings.